The van der Waals surface area contributed by atoms with Crippen LogP contribution in [0.2, 0.25) is 0 Å². The summed E-state index contributed by atoms with van der Waals surface area (Å²) in [6, 6.07) is 0. The van der Waals surface area contributed by atoms with E-state index in [-0.39, 0.29) is 18.6 Å². The molecule has 4 nitrogen and oxygen atoms in total. The molecule has 0 aromatic rings. The molecule has 12 heavy (non-hydrogen) atoms. The number of hydrogen-bond acceptors (Lipinski definition) is 3. The van der Waals surface area contributed by atoms with Gasteiger partial charge in [0, 0.05) is 6.42 Å². The van der Waals surface area contributed by atoms with E-state index in [2.05, 4.69) is 0 Å². The van der Waals surface area contributed by atoms with E-state index in [0.29, 0.717) is 12.8 Å². The van der Waals surface area contributed by atoms with Crippen LogP contribution in [0.5, 0.6) is 0 Å². The Kier molecular flexibility index (Phi) is 3.05. The molecule has 1 rings (SSSR count). The van der Waals surface area contributed by atoms with Gasteiger partial charge in [-0.25, -0.2) is 0 Å². The summed E-state index contributed by atoms with van der Waals surface area (Å²) in [4.78, 5) is 10.3. The van der Waals surface area contributed by atoms with Gasteiger partial charge in [-0.1, -0.05) is 0 Å². The standard InChI is InChI=1S/C8H14O4/c1-5-2-6(9)3-7(12-5)4-8(10)11/h5-7,9H,2-4H2,1H3,(H,10,11)/t5-,6+,7-/m0/s1. The number of rotatable bonds is 2. The van der Waals surface area contributed by atoms with Crippen LogP contribution >= 0.6 is 0 Å². The van der Waals surface area contributed by atoms with Crippen molar-refractivity contribution >= 4 is 5.97 Å². The fourth-order valence-electron chi connectivity index (χ4n) is 1.55. The summed E-state index contributed by atoms with van der Waals surface area (Å²) in [5.41, 5.74) is 0. The molecular weight excluding hydrogens is 160 g/mol. The molecular formula is C8H14O4. The predicted molar refractivity (Wildman–Crippen MR) is 41.8 cm³/mol. The zero-order valence-electron chi connectivity index (χ0n) is 7.06. The summed E-state index contributed by atoms with van der Waals surface area (Å²) in [5, 5.41) is 17.8. The Balaban J connectivity index is 2.38. The Morgan fingerprint density at radius 1 is 1.58 bits per heavy atom. The third-order valence-electron chi connectivity index (χ3n) is 1.97. The molecule has 1 aliphatic heterocycles. The van der Waals surface area contributed by atoms with Crippen molar-refractivity contribution in [1.82, 2.24) is 0 Å². The van der Waals surface area contributed by atoms with Crippen molar-refractivity contribution in [3.8, 4) is 0 Å². The number of carbonyl (C=O) groups is 1. The van der Waals surface area contributed by atoms with Crippen molar-refractivity contribution in [1.29, 1.82) is 0 Å². The minimum absolute atomic E-state index is 0.0125. The van der Waals surface area contributed by atoms with Crippen LogP contribution in [-0.4, -0.2) is 34.5 Å². The number of aliphatic carboxylic acids is 1. The third kappa shape index (κ3) is 2.79. The van der Waals surface area contributed by atoms with Crippen molar-refractivity contribution in [2.24, 2.45) is 0 Å². The second-order valence-corrected chi connectivity index (χ2v) is 3.29. The van der Waals surface area contributed by atoms with Crippen molar-refractivity contribution in [2.45, 2.75) is 44.5 Å². The van der Waals surface area contributed by atoms with E-state index in [1.807, 2.05) is 6.92 Å². The number of aliphatic hydroxyl groups excluding tert-OH is 1. The van der Waals surface area contributed by atoms with Gasteiger partial charge in [0.2, 0.25) is 0 Å². The van der Waals surface area contributed by atoms with Crippen LogP contribution in [0.15, 0.2) is 0 Å². The van der Waals surface area contributed by atoms with Crippen molar-refractivity contribution in [3.63, 3.8) is 0 Å². The minimum atomic E-state index is -0.874. The molecule has 3 atom stereocenters. The van der Waals surface area contributed by atoms with E-state index >= 15 is 0 Å². The highest BCUT2D eigenvalue weighted by molar-refractivity contribution is 5.67. The normalized spacial score (nSPS) is 36.3. The smallest absolute Gasteiger partial charge is 0.305 e. The summed E-state index contributed by atoms with van der Waals surface area (Å²) < 4.78 is 5.33. The van der Waals surface area contributed by atoms with E-state index in [1.54, 1.807) is 0 Å². The topological polar surface area (TPSA) is 66.8 Å². The molecule has 4 heteroatoms. The van der Waals surface area contributed by atoms with Gasteiger partial charge in [-0.15, -0.1) is 0 Å². The number of aliphatic hydroxyl groups is 1. The fraction of sp³-hybridized carbons (Fsp3) is 0.875. The fourth-order valence-corrected chi connectivity index (χ4v) is 1.55. The van der Waals surface area contributed by atoms with Crippen LogP contribution in [0, 0.1) is 0 Å². The van der Waals surface area contributed by atoms with Crippen LogP contribution in [0.25, 0.3) is 0 Å². The first kappa shape index (κ1) is 9.48. The van der Waals surface area contributed by atoms with Crippen LogP contribution < -0.4 is 0 Å². The average Bonchev–Trinajstić information content (AvgIpc) is 1.81. The lowest BCUT2D eigenvalue weighted by molar-refractivity contribution is -0.145. The van der Waals surface area contributed by atoms with E-state index in [0.717, 1.165) is 0 Å². The molecule has 0 spiro atoms. The van der Waals surface area contributed by atoms with E-state index in [1.165, 1.54) is 0 Å². The molecule has 0 bridgehead atoms. The zero-order valence-corrected chi connectivity index (χ0v) is 7.06. The Hall–Kier alpha value is -0.610. The summed E-state index contributed by atoms with van der Waals surface area (Å²) >= 11 is 0. The van der Waals surface area contributed by atoms with Crippen LogP contribution in [0.3, 0.4) is 0 Å². The lowest BCUT2D eigenvalue weighted by Gasteiger charge is -2.30. The van der Waals surface area contributed by atoms with Crippen molar-refractivity contribution in [2.75, 3.05) is 0 Å². The SMILES string of the molecule is C[C@H]1C[C@@H](O)C[C@@H](CC(=O)O)O1. The first-order chi connectivity index (χ1) is 5.58. The first-order valence-corrected chi connectivity index (χ1v) is 4.13. The first-order valence-electron chi connectivity index (χ1n) is 4.13. The Labute approximate surface area is 71.2 Å². The van der Waals surface area contributed by atoms with E-state index in [4.69, 9.17) is 9.84 Å². The average molecular weight is 174 g/mol. The lowest BCUT2D eigenvalue weighted by atomic mass is 10.00. The molecule has 0 aliphatic carbocycles. The second-order valence-electron chi connectivity index (χ2n) is 3.29. The Bertz CT molecular complexity index is 158. The largest absolute Gasteiger partial charge is 0.481 e. The molecule has 0 radical (unpaired) electrons. The summed E-state index contributed by atoms with van der Waals surface area (Å²) in [6.07, 6.45) is 0.284. The number of carboxylic acid groups (broad SMARTS) is 1. The summed E-state index contributed by atoms with van der Waals surface area (Å²) in [6.45, 7) is 1.84. The molecule has 0 aromatic carbocycles. The highest BCUT2D eigenvalue weighted by Crippen LogP contribution is 2.21. The maximum atomic E-state index is 10.3. The maximum absolute atomic E-state index is 10.3. The van der Waals surface area contributed by atoms with Gasteiger partial charge in [-0.3, -0.25) is 4.79 Å². The molecule has 0 aromatic heterocycles. The molecule has 1 heterocycles. The quantitative estimate of drug-likeness (QED) is 0.635. The van der Waals surface area contributed by atoms with Crippen molar-refractivity contribution in [3.05, 3.63) is 0 Å². The molecule has 0 saturated carbocycles. The van der Waals surface area contributed by atoms with Crippen LogP contribution in [-0.2, 0) is 9.53 Å². The molecule has 0 unspecified atom stereocenters. The maximum Gasteiger partial charge on any atom is 0.305 e. The molecule has 1 aliphatic rings. The summed E-state index contributed by atoms with van der Waals surface area (Å²) in [5.74, 6) is -0.874. The molecule has 2 N–H and O–H groups in total. The van der Waals surface area contributed by atoms with Gasteiger partial charge in [0.1, 0.15) is 0 Å². The third-order valence-corrected chi connectivity index (χ3v) is 1.97. The highest BCUT2D eigenvalue weighted by atomic mass is 16.5. The Morgan fingerprint density at radius 2 is 2.25 bits per heavy atom. The number of ether oxygens (including phenoxy) is 1. The monoisotopic (exact) mass is 174 g/mol. The molecule has 70 valence electrons. The van der Waals surface area contributed by atoms with Gasteiger partial charge in [0.05, 0.1) is 24.7 Å². The zero-order chi connectivity index (χ0) is 9.14. The van der Waals surface area contributed by atoms with E-state index in [9.17, 15) is 9.90 Å². The second kappa shape index (κ2) is 3.87. The lowest BCUT2D eigenvalue weighted by Crippen LogP contribution is -2.35. The van der Waals surface area contributed by atoms with Gasteiger partial charge >= 0.3 is 5.97 Å². The van der Waals surface area contributed by atoms with E-state index < -0.39 is 12.1 Å². The van der Waals surface area contributed by atoms with Crippen molar-refractivity contribution < 1.29 is 19.7 Å². The van der Waals surface area contributed by atoms with Crippen LogP contribution in [0.1, 0.15) is 26.2 Å². The highest BCUT2D eigenvalue weighted by Gasteiger charge is 2.26. The van der Waals surface area contributed by atoms with Gasteiger partial charge in [0.25, 0.3) is 0 Å². The van der Waals surface area contributed by atoms with Gasteiger partial charge in [0.15, 0.2) is 0 Å². The summed E-state index contributed by atoms with van der Waals surface area (Å²) in [7, 11) is 0. The minimum Gasteiger partial charge on any atom is -0.481 e. The van der Waals surface area contributed by atoms with Gasteiger partial charge in [-0.05, 0) is 13.3 Å². The molecule has 1 fully saturated rings. The number of carboxylic acids is 1. The molecule has 1 saturated heterocycles. The Morgan fingerprint density at radius 3 is 2.75 bits per heavy atom. The van der Waals surface area contributed by atoms with Crippen LogP contribution in [0.4, 0.5) is 0 Å². The molecule has 0 amide bonds. The van der Waals surface area contributed by atoms with Gasteiger partial charge < -0.3 is 14.9 Å². The number of hydrogen-bond donors (Lipinski definition) is 2. The predicted octanol–water partition coefficient (Wildman–Crippen LogP) is 0.389. The van der Waals surface area contributed by atoms with Gasteiger partial charge in [-0.2, -0.15) is 0 Å².